The van der Waals surface area contributed by atoms with Crippen LogP contribution in [0.25, 0.3) is 10.9 Å². The standard InChI is InChI=1S/C42H46N4O11S/c1-17-9-20-10-26-40(50)46-27-14-54-41(51)42(39-24(11-21(13-47)44-42)23-12-22(52-5)7-8-25(23)43-39)15-58-38(32(46)31(45(26)4)28(20)33(49)34(17)53-6)30-29(27)37-36(55-16-56-37)18(2)35(30)57-19(3)48/h7-9,12,21,26-27,31-32,38,40,43-44,47,49-50H,10-11,13-16H2,1-6H3/t21-,26-,27+,31?,32?,38-,40+,42-/m1/s1. The van der Waals surface area contributed by atoms with Crippen LogP contribution in [0, 0.1) is 13.8 Å². The molecule has 58 heavy (non-hydrogen) atoms. The molecule has 1 aromatic heterocycles. The summed E-state index contributed by atoms with van der Waals surface area (Å²) in [6.07, 6.45) is -0.174. The number of aliphatic hydroxyl groups excluding tert-OH is 2. The van der Waals surface area contributed by atoms with Gasteiger partial charge in [-0.1, -0.05) is 6.07 Å². The van der Waals surface area contributed by atoms with Gasteiger partial charge in [0.25, 0.3) is 0 Å². The molecule has 16 heteroatoms. The number of hydrogen-bond acceptors (Lipinski definition) is 15. The first kappa shape index (κ1) is 37.6. The Balaban J connectivity index is 1.24. The van der Waals surface area contributed by atoms with Crippen molar-refractivity contribution in [3.05, 3.63) is 68.9 Å². The maximum Gasteiger partial charge on any atom is 0.333 e. The van der Waals surface area contributed by atoms with Crippen molar-refractivity contribution in [2.24, 2.45) is 0 Å². The number of aromatic nitrogens is 1. The fraction of sp³-hybridized carbons (Fsp3) is 0.476. The van der Waals surface area contributed by atoms with Gasteiger partial charge >= 0.3 is 11.9 Å². The van der Waals surface area contributed by atoms with Crippen LogP contribution in [0.1, 0.15) is 68.9 Å². The number of carbonyl (C=O) groups is 2. The minimum absolute atomic E-state index is 0.0326. The van der Waals surface area contributed by atoms with Gasteiger partial charge in [0, 0.05) is 57.9 Å². The number of ether oxygens (including phenoxy) is 6. The molecule has 7 aliphatic rings. The first-order chi connectivity index (χ1) is 27.9. The summed E-state index contributed by atoms with van der Waals surface area (Å²) in [6.45, 7) is 4.55. The number of phenolic OH excluding ortho intramolecular Hbond substituents is 1. The van der Waals surface area contributed by atoms with E-state index in [1.54, 1.807) is 7.11 Å². The maximum atomic E-state index is 15.0. The van der Waals surface area contributed by atoms with E-state index in [0.29, 0.717) is 69.5 Å². The Bertz CT molecular complexity index is 2420. The number of thioether (sulfide) groups is 1. The molecule has 15 nitrogen and oxygen atoms in total. The molecule has 0 aliphatic carbocycles. The van der Waals surface area contributed by atoms with Crippen LogP contribution in [0.4, 0.5) is 0 Å². The molecule has 2 unspecified atom stereocenters. The topological polar surface area (TPSA) is 185 Å². The summed E-state index contributed by atoms with van der Waals surface area (Å²) in [6, 6.07) is 4.91. The van der Waals surface area contributed by atoms with Gasteiger partial charge in [-0.2, -0.15) is 0 Å². The first-order valence-electron chi connectivity index (χ1n) is 19.5. The summed E-state index contributed by atoms with van der Waals surface area (Å²) in [7, 11) is 5.10. The highest BCUT2D eigenvalue weighted by atomic mass is 32.2. The molecule has 0 amide bonds. The van der Waals surface area contributed by atoms with E-state index in [1.807, 2.05) is 50.1 Å². The Morgan fingerprint density at radius 3 is 2.59 bits per heavy atom. The summed E-state index contributed by atoms with van der Waals surface area (Å²) in [5.41, 5.74) is 5.08. The maximum absolute atomic E-state index is 15.0. The Kier molecular flexibility index (Phi) is 8.68. The second-order valence-corrected chi connectivity index (χ2v) is 17.3. The van der Waals surface area contributed by atoms with Crippen molar-refractivity contribution in [3.63, 3.8) is 0 Å². The fourth-order valence-electron chi connectivity index (χ4n) is 10.8. The van der Waals surface area contributed by atoms with Crippen molar-refractivity contribution in [3.8, 4) is 34.5 Å². The van der Waals surface area contributed by atoms with Gasteiger partial charge in [0.05, 0.1) is 49.9 Å². The van der Waals surface area contributed by atoms with Crippen LogP contribution in [0.5, 0.6) is 34.5 Å². The third-order valence-electron chi connectivity index (χ3n) is 13.2. The van der Waals surface area contributed by atoms with Crippen molar-refractivity contribution in [2.45, 2.75) is 80.8 Å². The molecule has 8 atom stereocenters. The van der Waals surface area contributed by atoms with Crippen LogP contribution in [-0.2, 0) is 32.7 Å². The number of benzene rings is 3. The monoisotopic (exact) mass is 814 g/mol. The number of likely N-dealkylation sites (N-methyl/N-ethyl adjacent to an activating group) is 1. The summed E-state index contributed by atoms with van der Waals surface area (Å²) < 4.78 is 36.2. The molecule has 306 valence electrons. The lowest BCUT2D eigenvalue weighted by Crippen LogP contribution is -2.70. The van der Waals surface area contributed by atoms with E-state index in [4.69, 9.17) is 28.4 Å². The number of hydrogen-bond donors (Lipinski definition) is 5. The summed E-state index contributed by atoms with van der Waals surface area (Å²) in [5, 5.41) is 39.2. The van der Waals surface area contributed by atoms with Crippen LogP contribution in [0.15, 0.2) is 24.3 Å². The second kappa shape index (κ2) is 13.4. The average Bonchev–Trinajstić information content (AvgIpc) is 3.85. The molecule has 3 aromatic carbocycles. The van der Waals surface area contributed by atoms with E-state index in [2.05, 4.69) is 15.2 Å². The zero-order valence-electron chi connectivity index (χ0n) is 33.0. The summed E-state index contributed by atoms with van der Waals surface area (Å²) >= 11 is 1.46. The fourth-order valence-corrected chi connectivity index (χ4v) is 12.5. The number of nitrogens with one attached hydrogen (secondary N) is 2. The van der Waals surface area contributed by atoms with E-state index in [1.165, 1.54) is 25.8 Å². The number of aryl methyl sites for hydroxylation is 1. The van der Waals surface area contributed by atoms with Crippen LogP contribution in [-0.4, -0.2) is 113 Å². The second-order valence-electron chi connectivity index (χ2n) is 16.2. The molecule has 8 heterocycles. The van der Waals surface area contributed by atoms with Crippen LogP contribution in [0.3, 0.4) is 0 Å². The van der Waals surface area contributed by atoms with Gasteiger partial charge in [-0.25, -0.2) is 4.79 Å². The van der Waals surface area contributed by atoms with Gasteiger partial charge in [0.15, 0.2) is 28.5 Å². The number of piperazine rings is 1. The smallest absolute Gasteiger partial charge is 0.333 e. The predicted molar refractivity (Wildman–Crippen MR) is 211 cm³/mol. The van der Waals surface area contributed by atoms with E-state index in [-0.39, 0.29) is 31.5 Å². The number of methoxy groups -OCH3 is 2. The molecule has 4 bridgehead atoms. The molecule has 0 radical (unpaired) electrons. The predicted octanol–water partition coefficient (Wildman–Crippen LogP) is 3.55. The summed E-state index contributed by atoms with van der Waals surface area (Å²) in [4.78, 5) is 35.7. The van der Waals surface area contributed by atoms with Crippen molar-refractivity contribution in [1.29, 1.82) is 0 Å². The largest absolute Gasteiger partial charge is 0.504 e. The van der Waals surface area contributed by atoms with Gasteiger partial charge in [-0.3, -0.25) is 19.9 Å². The van der Waals surface area contributed by atoms with Gasteiger partial charge in [0.1, 0.15) is 24.3 Å². The molecule has 2 fully saturated rings. The van der Waals surface area contributed by atoms with Gasteiger partial charge in [-0.05, 0) is 68.6 Å². The number of fused-ring (bicyclic) bond motifs is 11. The third-order valence-corrected chi connectivity index (χ3v) is 14.7. The Labute approximate surface area is 338 Å². The molecular weight excluding hydrogens is 769 g/mol. The highest BCUT2D eigenvalue weighted by Gasteiger charge is 2.62. The van der Waals surface area contributed by atoms with Crippen LogP contribution in [0.2, 0.25) is 0 Å². The van der Waals surface area contributed by atoms with Gasteiger partial charge in [-0.15, -0.1) is 11.8 Å². The number of carbonyl (C=O) groups excluding carboxylic acids is 2. The Morgan fingerprint density at radius 2 is 1.84 bits per heavy atom. The molecule has 2 saturated heterocycles. The molecule has 4 aromatic rings. The van der Waals surface area contributed by atoms with E-state index < -0.39 is 59.2 Å². The molecule has 1 spiro atoms. The number of aromatic hydroxyl groups is 1. The van der Waals surface area contributed by atoms with Gasteiger partial charge < -0.3 is 48.7 Å². The number of aliphatic hydroxyl groups is 2. The molecule has 5 N–H and O–H groups in total. The van der Waals surface area contributed by atoms with E-state index in [9.17, 15) is 20.1 Å². The first-order valence-corrected chi connectivity index (χ1v) is 20.5. The number of nitrogens with zero attached hydrogens (tertiary/aromatic N) is 2. The number of esters is 2. The highest BCUT2D eigenvalue weighted by molar-refractivity contribution is 7.99. The Hall–Kier alpha value is -4.71. The highest BCUT2D eigenvalue weighted by Crippen LogP contribution is 2.64. The zero-order valence-corrected chi connectivity index (χ0v) is 33.8. The van der Waals surface area contributed by atoms with Crippen molar-refractivity contribution in [1.82, 2.24) is 20.1 Å². The third kappa shape index (κ3) is 5.05. The lowest BCUT2D eigenvalue weighted by Gasteiger charge is -2.62. The molecule has 7 aliphatic heterocycles. The van der Waals surface area contributed by atoms with Crippen LogP contribution < -0.4 is 29.0 Å². The number of phenols is 1. The average molecular weight is 815 g/mol. The minimum atomic E-state index is -1.47. The lowest BCUT2D eigenvalue weighted by atomic mass is 9.73. The zero-order chi connectivity index (χ0) is 40.5. The molecule has 0 saturated carbocycles. The van der Waals surface area contributed by atoms with E-state index in [0.717, 1.165) is 27.6 Å². The van der Waals surface area contributed by atoms with Crippen LogP contribution >= 0.6 is 11.8 Å². The number of aromatic amines is 1. The Morgan fingerprint density at radius 1 is 1.05 bits per heavy atom. The molecule has 11 rings (SSSR count). The lowest BCUT2D eigenvalue weighted by molar-refractivity contribution is -0.186. The van der Waals surface area contributed by atoms with Gasteiger partial charge in [0.2, 0.25) is 6.79 Å². The molecular formula is C42H46N4O11S. The van der Waals surface area contributed by atoms with E-state index >= 15 is 4.79 Å². The minimum Gasteiger partial charge on any atom is -0.504 e. The van der Waals surface area contributed by atoms with Crippen molar-refractivity contribution in [2.75, 3.05) is 47.0 Å². The normalized spacial score (nSPS) is 29.7. The summed E-state index contributed by atoms with van der Waals surface area (Å²) in [5.74, 6) is 1.28. The SMILES string of the molecule is COc1ccc2[nH]c3c(c2c1)C[C@H](CO)N[C@]31CS[C@@H]2c3c(OC(C)=O)c(C)c4c(c3[C@H](COC1=O)N1C2C2c3c(cc(C)c(OC)c3O)C[C@H]([C@@H]1O)N2C)OCO4. The van der Waals surface area contributed by atoms with Crippen molar-refractivity contribution >= 4 is 34.6 Å². The quantitative estimate of drug-likeness (QED) is 0.149. The number of H-pyrrole nitrogens is 1. The number of rotatable bonds is 4. The van der Waals surface area contributed by atoms with Crippen molar-refractivity contribution < 1.29 is 53.3 Å².